The zero-order chi connectivity index (χ0) is 24.4. The first-order valence-electron chi connectivity index (χ1n) is 11.0. The van der Waals surface area contributed by atoms with E-state index in [9.17, 15) is 24.8 Å². The summed E-state index contributed by atoms with van der Waals surface area (Å²) in [5, 5.41) is 44.3. The van der Waals surface area contributed by atoms with Crippen molar-refractivity contribution in [3.63, 3.8) is 0 Å². The quantitative estimate of drug-likeness (QED) is 0.459. The van der Waals surface area contributed by atoms with Gasteiger partial charge >= 0.3 is 0 Å². The SMILES string of the molecule is Cc1c(Cc2ccc(OC(C)C)c(F)c2)c(OC2O[C@H](CO)[C@@H](O)[C@H](O)[C@H]2O)nn1C(C)C. The lowest BCUT2D eigenvalue weighted by Gasteiger charge is -2.39. The van der Waals surface area contributed by atoms with Crippen molar-refractivity contribution in [3.05, 3.63) is 40.8 Å². The van der Waals surface area contributed by atoms with Crippen LogP contribution in [0.1, 0.15) is 50.6 Å². The summed E-state index contributed by atoms with van der Waals surface area (Å²) >= 11 is 0. The van der Waals surface area contributed by atoms with Crippen molar-refractivity contribution in [2.24, 2.45) is 0 Å². The highest BCUT2D eigenvalue weighted by molar-refractivity contribution is 5.39. The fourth-order valence-electron chi connectivity index (χ4n) is 3.81. The summed E-state index contributed by atoms with van der Waals surface area (Å²) in [4.78, 5) is 0. The fourth-order valence-corrected chi connectivity index (χ4v) is 3.81. The van der Waals surface area contributed by atoms with Crippen LogP contribution in [0.25, 0.3) is 0 Å². The van der Waals surface area contributed by atoms with Crippen LogP contribution in [0.2, 0.25) is 0 Å². The molecule has 9 nitrogen and oxygen atoms in total. The second-order valence-electron chi connectivity index (χ2n) is 8.83. The van der Waals surface area contributed by atoms with E-state index < -0.39 is 43.1 Å². The summed E-state index contributed by atoms with van der Waals surface area (Å²) < 4.78 is 33.0. The van der Waals surface area contributed by atoms with E-state index in [2.05, 4.69) is 5.10 Å². The molecule has 1 fully saturated rings. The summed E-state index contributed by atoms with van der Waals surface area (Å²) in [5.41, 5.74) is 2.10. The van der Waals surface area contributed by atoms with Crippen LogP contribution in [0.4, 0.5) is 4.39 Å². The lowest BCUT2D eigenvalue weighted by molar-refractivity contribution is -0.278. The molecule has 2 heterocycles. The van der Waals surface area contributed by atoms with Gasteiger partial charge < -0.3 is 34.6 Å². The van der Waals surface area contributed by atoms with Crippen LogP contribution >= 0.6 is 0 Å². The predicted octanol–water partition coefficient (Wildman–Crippen LogP) is 1.47. The van der Waals surface area contributed by atoms with Gasteiger partial charge in [-0.1, -0.05) is 6.07 Å². The van der Waals surface area contributed by atoms with E-state index in [1.807, 2.05) is 34.6 Å². The number of nitrogens with zero attached hydrogens (tertiary/aromatic N) is 2. The topological polar surface area (TPSA) is 126 Å². The minimum atomic E-state index is -1.57. The molecule has 0 saturated carbocycles. The number of hydrogen-bond donors (Lipinski definition) is 4. The Labute approximate surface area is 192 Å². The number of rotatable bonds is 8. The molecule has 1 saturated heterocycles. The Kier molecular flexibility index (Phi) is 7.96. The van der Waals surface area contributed by atoms with E-state index in [0.717, 1.165) is 5.69 Å². The van der Waals surface area contributed by atoms with E-state index in [-0.39, 0.29) is 30.2 Å². The van der Waals surface area contributed by atoms with Crippen molar-refractivity contribution in [2.45, 2.75) is 83.9 Å². The maximum atomic E-state index is 14.5. The van der Waals surface area contributed by atoms with Crippen LogP contribution in [0.15, 0.2) is 18.2 Å². The van der Waals surface area contributed by atoms with E-state index in [0.29, 0.717) is 11.1 Å². The lowest BCUT2D eigenvalue weighted by Crippen LogP contribution is -2.60. The van der Waals surface area contributed by atoms with Crippen LogP contribution in [0.3, 0.4) is 0 Å². The van der Waals surface area contributed by atoms with Gasteiger partial charge in [-0.05, 0) is 52.3 Å². The van der Waals surface area contributed by atoms with Crippen molar-refractivity contribution >= 4 is 0 Å². The molecule has 1 aliphatic rings. The van der Waals surface area contributed by atoms with Gasteiger partial charge in [-0.15, -0.1) is 5.10 Å². The summed E-state index contributed by atoms with van der Waals surface area (Å²) in [5.74, 6) is -0.166. The van der Waals surface area contributed by atoms with Crippen molar-refractivity contribution in [2.75, 3.05) is 6.61 Å². The molecule has 3 rings (SSSR count). The van der Waals surface area contributed by atoms with Gasteiger partial charge in [0.1, 0.15) is 24.4 Å². The molecular weight excluding hydrogens is 435 g/mol. The van der Waals surface area contributed by atoms with E-state index in [1.165, 1.54) is 6.07 Å². The Balaban J connectivity index is 1.91. The monoisotopic (exact) mass is 468 g/mol. The number of ether oxygens (including phenoxy) is 3. The molecular formula is C23H33FN2O7. The fraction of sp³-hybridized carbons (Fsp3) is 0.609. The largest absolute Gasteiger partial charge is 0.488 e. The standard InChI is InChI=1S/C23H33FN2O7/c1-11(2)26-13(5)15(8-14-6-7-17(16(24)9-14)31-12(3)4)22(25-26)33-23-21(30)20(29)19(28)18(10-27)32-23/h6-7,9,11-12,18-21,23,27-30H,8,10H2,1-5H3/t18-,19-,20+,21-,23?/m1/s1. The molecule has 0 radical (unpaired) electrons. The number of aromatic nitrogens is 2. The van der Waals surface area contributed by atoms with Crippen LogP contribution in [-0.4, -0.2) is 73.6 Å². The van der Waals surface area contributed by atoms with Gasteiger partial charge in [0.15, 0.2) is 11.6 Å². The zero-order valence-electron chi connectivity index (χ0n) is 19.5. The molecule has 5 atom stereocenters. The first kappa shape index (κ1) is 25.4. The second kappa shape index (κ2) is 10.4. The molecule has 1 aliphatic heterocycles. The first-order valence-corrected chi connectivity index (χ1v) is 11.0. The molecule has 1 aromatic carbocycles. The van der Waals surface area contributed by atoms with Crippen molar-refractivity contribution in [1.29, 1.82) is 0 Å². The number of hydrogen-bond acceptors (Lipinski definition) is 8. The van der Waals surface area contributed by atoms with Gasteiger partial charge in [0.25, 0.3) is 0 Å². The Bertz CT molecular complexity index is 947. The Hall–Kier alpha value is -2.24. The Morgan fingerprint density at radius 3 is 2.39 bits per heavy atom. The minimum Gasteiger partial charge on any atom is -0.488 e. The molecule has 10 heteroatoms. The number of aliphatic hydroxyl groups excluding tert-OH is 4. The second-order valence-corrected chi connectivity index (χ2v) is 8.83. The van der Waals surface area contributed by atoms with Gasteiger partial charge in [-0.3, -0.25) is 4.68 Å². The average Bonchev–Trinajstić information content (AvgIpc) is 3.05. The van der Waals surface area contributed by atoms with Gasteiger partial charge in [-0.25, -0.2) is 4.39 Å². The summed E-state index contributed by atoms with van der Waals surface area (Å²) in [6.45, 7) is 8.81. The molecule has 1 aromatic heterocycles. The zero-order valence-corrected chi connectivity index (χ0v) is 19.5. The third-order valence-corrected chi connectivity index (χ3v) is 5.54. The number of halogens is 1. The summed E-state index contributed by atoms with van der Waals surface area (Å²) in [7, 11) is 0. The van der Waals surface area contributed by atoms with E-state index in [4.69, 9.17) is 14.2 Å². The molecule has 0 spiro atoms. The highest BCUT2D eigenvalue weighted by Gasteiger charge is 2.45. The van der Waals surface area contributed by atoms with Crippen molar-refractivity contribution in [3.8, 4) is 11.6 Å². The highest BCUT2D eigenvalue weighted by Crippen LogP contribution is 2.31. The summed E-state index contributed by atoms with van der Waals surface area (Å²) in [6.07, 6.45) is -6.97. The molecule has 4 N–H and O–H groups in total. The van der Waals surface area contributed by atoms with Crippen LogP contribution in [-0.2, 0) is 11.2 Å². The normalized spacial score (nSPS) is 25.6. The molecule has 33 heavy (non-hydrogen) atoms. The molecule has 184 valence electrons. The Morgan fingerprint density at radius 2 is 1.82 bits per heavy atom. The highest BCUT2D eigenvalue weighted by atomic mass is 19.1. The number of benzene rings is 1. The molecule has 0 amide bonds. The van der Waals surface area contributed by atoms with Crippen LogP contribution in [0.5, 0.6) is 11.6 Å². The number of aliphatic hydroxyl groups is 4. The Morgan fingerprint density at radius 1 is 1.12 bits per heavy atom. The maximum absolute atomic E-state index is 14.5. The summed E-state index contributed by atoms with van der Waals surface area (Å²) in [6, 6.07) is 4.71. The third kappa shape index (κ3) is 5.47. The third-order valence-electron chi connectivity index (χ3n) is 5.54. The predicted molar refractivity (Wildman–Crippen MR) is 117 cm³/mol. The smallest absolute Gasteiger partial charge is 0.239 e. The molecule has 1 unspecified atom stereocenters. The molecule has 0 bridgehead atoms. The first-order chi connectivity index (χ1) is 15.5. The lowest BCUT2D eigenvalue weighted by atomic mass is 9.99. The van der Waals surface area contributed by atoms with E-state index in [1.54, 1.807) is 16.8 Å². The van der Waals surface area contributed by atoms with Crippen LogP contribution < -0.4 is 9.47 Å². The average molecular weight is 469 g/mol. The maximum Gasteiger partial charge on any atom is 0.239 e. The van der Waals surface area contributed by atoms with Gasteiger partial charge in [0.2, 0.25) is 12.2 Å². The van der Waals surface area contributed by atoms with Gasteiger partial charge in [0.05, 0.1) is 12.7 Å². The van der Waals surface area contributed by atoms with Crippen molar-refractivity contribution < 1.29 is 39.0 Å². The van der Waals surface area contributed by atoms with E-state index >= 15 is 0 Å². The van der Waals surface area contributed by atoms with Gasteiger partial charge in [-0.2, -0.15) is 0 Å². The van der Waals surface area contributed by atoms with Crippen molar-refractivity contribution in [1.82, 2.24) is 9.78 Å². The van der Waals surface area contributed by atoms with Crippen LogP contribution in [0, 0.1) is 12.7 Å². The minimum absolute atomic E-state index is 0.00513. The molecule has 0 aliphatic carbocycles. The van der Waals surface area contributed by atoms with Gasteiger partial charge in [0, 0.05) is 23.7 Å². The molecule has 2 aromatic rings.